The lowest BCUT2D eigenvalue weighted by molar-refractivity contribution is 0.104. The van der Waals surface area contributed by atoms with Gasteiger partial charge in [0.15, 0.2) is 5.78 Å². The molecule has 2 aromatic carbocycles. The van der Waals surface area contributed by atoms with E-state index in [0.717, 1.165) is 12.5 Å². The zero-order valence-corrected chi connectivity index (χ0v) is 17.7. The Morgan fingerprint density at radius 1 is 1.10 bits per heavy atom. The molecular weight excluding hydrogens is 396 g/mol. The molecule has 0 saturated carbocycles. The lowest BCUT2D eigenvalue weighted by Gasteiger charge is -2.32. The third-order valence-corrected chi connectivity index (χ3v) is 5.09. The predicted molar refractivity (Wildman–Crippen MR) is 120 cm³/mol. The largest absolute Gasteiger partial charge is 0.508 e. The second-order valence-corrected chi connectivity index (χ2v) is 8.04. The molecule has 1 aliphatic rings. The maximum Gasteiger partial charge on any atom is 0.193 e. The fourth-order valence-electron chi connectivity index (χ4n) is 3.39. The van der Waals surface area contributed by atoms with Gasteiger partial charge in [-0.1, -0.05) is 11.6 Å². The van der Waals surface area contributed by atoms with Crippen molar-refractivity contribution < 1.29 is 30.0 Å². The number of allylic oxidation sites excluding steroid dienone is 3. The van der Waals surface area contributed by atoms with Crippen molar-refractivity contribution in [2.75, 3.05) is 0 Å². The molecule has 0 aliphatic carbocycles. The summed E-state index contributed by atoms with van der Waals surface area (Å²) in [6.45, 7) is 5.98. The minimum atomic E-state index is -0.661. The Bertz CT molecular complexity index is 1110. The molecule has 0 spiro atoms. The number of hydrogen-bond donors (Lipinski definition) is 4. The van der Waals surface area contributed by atoms with Gasteiger partial charge in [0.1, 0.15) is 39.9 Å². The van der Waals surface area contributed by atoms with Gasteiger partial charge in [-0.2, -0.15) is 0 Å². The van der Waals surface area contributed by atoms with Gasteiger partial charge in [0.2, 0.25) is 0 Å². The number of fused-ring (bicyclic) bond motifs is 1. The molecule has 0 bridgehead atoms. The van der Waals surface area contributed by atoms with Crippen LogP contribution < -0.4 is 4.74 Å². The second kappa shape index (κ2) is 8.60. The molecule has 1 atom stereocenters. The van der Waals surface area contributed by atoms with E-state index in [1.807, 2.05) is 26.8 Å². The van der Waals surface area contributed by atoms with Crippen LogP contribution in [0.4, 0.5) is 0 Å². The number of rotatable bonds is 6. The van der Waals surface area contributed by atoms with Crippen molar-refractivity contribution >= 4 is 17.9 Å². The van der Waals surface area contributed by atoms with E-state index in [2.05, 4.69) is 6.08 Å². The molecule has 4 N–H and O–H groups in total. The summed E-state index contributed by atoms with van der Waals surface area (Å²) in [5.74, 6) is -1.35. The minimum absolute atomic E-state index is 0.0701. The third kappa shape index (κ3) is 4.91. The number of benzene rings is 2. The topological polar surface area (TPSA) is 107 Å². The van der Waals surface area contributed by atoms with E-state index in [4.69, 9.17) is 4.74 Å². The molecule has 6 heteroatoms. The van der Waals surface area contributed by atoms with E-state index < -0.39 is 17.1 Å². The average molecular weight is 422 g/mol. The Morgan fingerprint density at radius 3 is 2.55 bits per heavy atom. The van der Waals surface area contributed by atoms with Crippen molar-refractivity contribution in [1.82, 2.24) is 0 Å². The molecule has 31 heavy (non-hydrogen) atoms. The highest BCUT2D eigenvalue weighted by molar-refractivity contribution is 6.11. The zero-order chi connectivity index (χ0) is 22.8. The molecule has 0 fully saturated rings. The van der Waals surface area contributed by atoms with Gasteiger partial charge < -0.3 is 25.2 Å². The first-order chi connectivity index (χ1) is 14.6. The van der Waals surface area contributed by atoms with E-state index in [1.165, 1.54) is 35.9 Å². The van der Waals surface area contributed by atoms with E-state index in [9.17, 15) is 25.2 Å². The van der Waals surface area contributed by atoms with Crippen molar-refractivity contribution in [2.45, 2.75) is 39.2 Å². The van der Waals surface area contributed by atoms with Crippen molar-refractivity contribution in [3.63, 3.8) is 0 Å². The highest BCUT2D eigenvalue weighted by Gasteiger charge is 2.30. The van der Waals surface area contributed by atoms with Gasteiger partial charge in [0.05, 0.1) is 5.56 Å². The summed E-state index contributed by atoms with van der Waals surface area (Å²) in [5.41, 5.74) is 0.885. The number of hydrogen-bond acceptors (Lipinski definition) is 6. The summed E-state index contributed by atoms with van der Waals surface area (Å²) in [6, 6.07) is 5.22. The lowest BCUT2D eigenvalue weighted by Crippen LogP contribution is -2.31. The molecule has 1 unspecified atom stereocenters. The van der Waals surface area contributed by atoms with Gasteiger partial charge in [-0.25, -0.2) is 0 Å². The molecule has 0 saturated heterocycles. The highest BCUT2D eigenvalue weighted by atomic mass is 16.5. The monoisotopic (exact) mass is 422 g/mol. The predicted octanol–water partition coefficient (Wildman–Crippen LogP) is 5.32. The van der Waals surface area contributed by atoms with Crippen molar-refractivity contribution in [3.05, 3.63) is 64.8 Å². The molecule has 2 aromatic rings. The molecule has 0 radical (unpaired) electrons. The summed E-state index contributed by atoms with van der Waals surface area (Å²) >= 11 is 0. The van der Waals surface area contributed by atoms with Gasteiger partial charge in [-0.15, -0.1) is 0 Å². The van der Waals surface area contributed by atoms with Gasteiger partial charge in [0.25, 0.3) is 0 Å². The van der Waals surface area contributed by atoms with Crippen LogP contribution in [0.1, 0.15) is 55.1 Å². The third-order valence-electron chi connectivity index (χ3n) is 5.09. The number of ether oxygens (including phenoxy) is 1. The van der Waals surface area contributed by atoms with E-state index in [1.54, 1.807) is 6.08 Å². The molecule has 162 valence electrons. The van der Waals surface area contributed by atoms with Crippen LogP contribution in [0.25, 0.3) is 12.2 Å². The van der Waals surface area contributed by atoms with Crippen LogP contribution in [0.5, 0.6) is 28.7 Å². The fraction of sp³-hybridized carbons (Fsp3) is 0.240. The normalized spacial score (nSPS) is 17.3. The number of aromatic hydroxyl groups is 4. The minimum Gasteiger partial charge on any atom is -0.508 e. The first-order valence-electron chi connectivity index (χ1n) is 9.94. The summed E-state index contributed by atoms with van der Waals surface area (Å²) < 4.78 is 6.03. The molecule has 3 rings (SSSR count). The second-order valence-electron chi connectivity index (χ2n) is 8.04. The summed E-state index contributed by atoms with van der Waals surface area (Å²) in [6.07, 6.45) is 9.57. The Kier molecular flexibility index (Phi) is 6.11. The van der Waals surface area contributed by atoms with Crippen LogP contribution >= 0.6 is 0 Å². The lowest BCUT2D eigenvalue weighted by atomic mass is 9.92. The zero-order valence-electron chi connectivity index (χ0n) is 17.7. The summed E-state index contributed by atoms with van der Waals surface area (Å²) in [5, 5.41) is 40.4. The van der Waals surface area contributed by atoms with Gasteiger partial charge in [-0.3, -0.25) is 4.79 Å². The Hall–Kier alpha value is -3.67. The summed E-state index contributed by atoms with van der Waals surface area (Å²) in [7, 11) is 0. The van der Waals surface area contributed by atoms with Gasteiger partial charge in [0, 0.05) is 11.6 Å². The molecular formula is C25H26O6. The van der Waals surface area contributed by atoms with Crippen LogP contribution in [0.2, 0.25) is 0 Å². The standard InChI is InChI=1S/C25H26O6/c1-15(2)5-4-11-25(3)12-10-18-22(31-25)14-21(29)23(24(18)30)20(28)8-6-16-13-17(26)7-9-19(16)27/h5-10,12-14,26-27,29-30H,4,11H2,1-3H3. The number of phenols is 4. The summed E-state index contributed by atoms with van der Waals surface area (Å²) in [4.78, 5) is 12.7. The van der Waals surface area contributed by atoms with Crippen LogP contribution in [0, 0.1) is 0 Å². The van der Waals surface area contributed by atoms with E-state index >= 15 is 0 Å². The van der Waals surface area contributed by atoms with Crippen LogP contribution in [0.15, 0.2) is 48.1 Å². The van der Waals surface area contributed by atoms with E-state index in [0.29, 0.717) is 17.7 Å². The molecule has 0 aromatic heterocycles. The van der Waals surface area contributed by atoms with Crippen LogP contribution in [0.3, 0.4) is 0 Å². The molecule has 1 aliphatic heterocycles. The van der Waals surface area contributed by atoms with Crippen molar-refractivity contribution in [3.8, 4) is 28.7 Å². The number of carbonyl (C=O) groups is 1. The fourth-order valence-corrected chi connectivity index (χ4v) is 3.39. The first kappa shape index (κ1) is 22.0. The van der Waals surface area contributed by atoms with Crippen molar-refractivity contribution in [1.29, 1.82) is 0 Å². The van der Waals surface area contributed by atoms with Crippen LogP contribution in [-0.4, -0.2) is 31.8 Å². The Balaban J connectivity index is 1.88. The van der Waals surface area contributed by atoms with Crippen molar-refractivity contribution in [2.24, 2.45) is 0 Å². The molecule has 0 amide bonds. The SMILES string of the molecule is CC(C)=CCCC1(C)C=Cc2c(cc(O)c(C(=O)C=Cc3cc(O)ccc3O)c2O)O1. The smallest absolute Gasteiger partial charge is 0.193 e. The maximum absolute atomic E-state index is 12.7. The maximum atomic E-state index is 12.7. The molecule has 6 nitrogen and oxygen atoms in total. The number of phenolic OH excluding ortho intramolecular Hbond substituents is 4. The van der Waals surface area contributed by atoms with E-state index in [-0.39, 0.29) is 28.4 Å². The van der Waals surface area contributed by atoms with Gasteiger partial charge >= 0.3 is 0 Å². The van der Waals surface area contributed by atoms with Gasteiger partial charge in [-0.05, 0) is 76.1 Å². The first-order valence-corrected chi connectivity index (χ1v) is 9.94. The quantitative estimate of drug-likeness (QED) is 0.217. The number of ketones is 1. The highest BCUT2D eigenvalue weighted by Crippen LogP contribution is 2.44. The Morgan fingerprint density at radius 2 is 1.84 bits per heavy atom. The molecule has 1 heterocycles. The van der Waals surface area contributed by atoms with Crippen LogP contribution in [-0.2, 0) is 0 Å². The number of carbonyl (C=O) groups excluding carboxylic acids is 1. The Labute approximate surface area is 181 Å². The average Bonchev–Trinajstić information content (AvgIpc) is 2.68.